The van der Waals surface area contributed by atoms with Crippen LogP contribution >= 0.6 is 11.3 Å². The lowest BCUT2D eigenvalue weighted by Crippen LogP contribution is -2.35. The minimum absolute atomic E-state index is 0.0784. The monoisotopic (exact) mass is 278 g/mol. The Labute approximate surface area is 102 Å². The maximum absolute atomic E-state index is 11.6. The van der Waals surface area contributed by atoms with Crippen LogP contribution in [-0.2, 0) is 14.8 Å². The van der Waals surface area contributed by atoms with Crippen molar-refractivity contribution in [3.8, 4) is 0 Å². The van der Waals surface area contributed by atoms with Crippen LogP contribution in [0.1, 0.15) is 9.67 Å². The van der Waals surface area contributed by atoms with E-state index in [1.807, 2.05) is 0 Å². The minimum Gasteiger partial charge on any atom is -0.477 e. The van der Waals surface area contributed by atoms with Gasteiger partial charge in [0.2, 0.25) is 15.9 Å². The summed E-state index contributed by atoms with van der Waals surface area (Å²) in [4.78, 5) is 21.2. The number of amides is 1. The van der Waals surface area contributed by atoms with Crippen LogP contribution in [0.5, 0.6) is 0 Å². The average molecular weight is 278 g/mol. The van der Waals surface area contributed by atoms with Crippen molar-refractivity contribution in [2.24, 2.45) is 0 Å². The van der Waals surface area contributed by atoms with Gasteiger partial charge in [0.25, 0.3) is 0 Å². The summed E-state index contributed by atoms with van der Waals surface area (Å²) in [7, 11) is -2.46. The number of carbonyl (C=O) groups excluding carboxylic acids is 1. The molecule has 0 saturated heterocycles. The summed E-state index contributed by atoms with van der Waals surface area (Å²) in [5.74, 6) is -1.68. The van der Waals surface area contributed by atoms with Gasteiger partial charge in [-0.15, -0.1) is 11.3 Å². The lowest BCUT2D eigenvalue weighted by molar-refractivity contribution is -0.119. The molecule has 0 atom stereocenters. The van der Waals surface area contributed by atoms with Gasteiger partial charge in [-0.2, -0.15) is 0 Å². The van der Waals surface area contributed by atoms with E-state index in [1.165, 1.54) is 12.4 Å². The Morgan fingerprint density at radius 2 is 2.12 bits per heavy atom. The molecule has 0 unspecified atom stereocenters. The number of hydrogen-bond acceptors (Lipinski definition) is 5. The number of carboxylic acid groups (broad SMARTS) is 1. The largest absolute Gasteiger partial charge is 0.477 e. The van der Waals surface area contributed by atoms with Crippen LogP contribution < -0.4 is 10.0 Å². The maximum Gasteiger partial charge on any atom is 0.345 e. The first-order valence-corrected chi connectivity index (χ1v) is 6.75. The molecule has 0 spiro atoms. The molecule has 1 rings (SSSR count). The van der Waals surface area contributed by atoms with Gasteiger partial charge in [-0.1, -0.05) is 0 Å². The number of carboxylic acids is 1. The molecule has 1 aromatic rings. The maximum atomic E-state index is 11.6. The lowest BCUT2D eigenvalue weighted by atomic mass is 10.5. The van der Waals surface area contributed by atoms with E-state index in [4.69, 9.17) is 5.11 Å². The summed E-state index contributed by atoms with van der Waals surface area (Å²) in [6.07, 6.45) is 0. The van der Waals surface area contributed by atoms with Crippen LogP contribution in [0.25, 0.3) is 0 Å². The number of sulfonamides is 1. The predicted molar refractivity (Wildman–Crippen MR) is 60.5 cm³/mol. The molecule has 7 nitrogen and oxygen atoms in total. The van der Waals surface area contributed by atoms with Crippen molar-refractivity contribution in [2.75, 3.05) is 13.6 Å². The average Bonchev–Trinajstić information content (AvgIpc) is 2.76. The highest BCUT2D eigenvalue weighted by atomic mass is 32.2. The number of nitrogens with one attached hydrogen (secondary N) is 2. The van der Waals surface area contributed by atoms with Crippen LogP contribution in [0, 0.1) is 0 Å². The molecule has 0 aliphatic rings. The normalized spacial score (nSPS) is 11.1. The second kappa shape index (κ2) is 5.25. The van der Waals surface area contributed by atoms with Crippen LogP contribution in [-0.4, -0.2) is 39.0 Å². The summed E-state index contributed by atoms with van der Waals surface area (Å²) >= 11 is 0.805. The Balaban J connectivity index is 2.82. The predicted octanol–water partition coefficient (Wildman–Crippen LogP) is -0.529. The summed E-state index contributed by atoms with van der Waals surface area (Å²) in [5.41, 5.74) is 0. The van der Waals surface area contributed by atoms with Crippen molar-refractivity contribution in [1.82, 2.24) is 10.0 Å². The number of likely N-dealkylation sites (N-methyl/N-ethyl adjacent to an activating group) is 1. The van der Waals surface area contributed by atoms with Crippen molar-refractivity contribution >= 4 is 33.2 Å². The Morgan fingerprint density at radius 1 is 1.47 bits per heavy atom. The van der Waals surface area contributed by atoms with Crippen molar-refractivity contribution in [3.05, 3.63) is 16.3 Å². The zero-order chi connectivity index (χ0) is 13.1. The van der Waals surface area contributed by atoms with Crippen molar-refractivity contribution in [1.29, 1.82) is 0 Å². The number of carbonyl (C=O) groups is 2. The molecular formula is C8H10N2O5S2. The molecule has 1 heterocycles. The molecule has 0 fully saturated rings. The third-order valence-electron chi connectivity index (χ3n) is 1.80. The Hall–Kier alpha value is -1.45. The lowest BCUT2D eigenvalue weighted by Gasteiger charge is -2.03. The topological polar surface area (TPSA) is 113 Å². The summed E-state index contributed by atoms with van der Waals surface area (Å²) in [5, 5.41) is 12.1. The van der Waals surface area contributed by atoms with Gasteiger partial charge in [0.1, 0.15) is 4.88 Å². The van der Waals surface area contributed by atoms with Crippen LogP contribution in [0.3, 0.4) is 0 Å². The molecule has 0 aromatic carbocycles. The molecule has 0 radical (unpaired) electrons. The minimum atomic E-state index is -3.84. The van der Waals surface area contributed by atoms with Gasteiger partial charge < -0.3 is 10.4 Å². The molecule has 1 aromatic heterocycles. The molecule has 0 aliphatic carbocycles. The fourth-order valence-electron chi connectivity index (χ4n) is 0.904. The molecule has 0 saturated carbocycles. The first-order valence-electron chi connectivity index (χ1n) is 4.39. The highest BCUT2D eigenvalue weighted by molar-refractivity contribution is 7.89. The van der Waals surface area contributed by atoms with E-state index in [9.17, 15) is 18.0 Å². The van der Waals surface area contributed by atoms with Gasteiger partial charge in [0.05, 0.1) is 11.4 Å². The molecular weight excluding hydrogens is 268 g/mol. The molecule has 0 aliphatic heterocycles. The SMILES string of the molecule is CNC(=O)CNS(=O)(=O)c1csc(C(=O)O)c1. The standard InChI is InChI=1S/C8H10N2O5S2/c1-9-7(11)3-10-17(14,15)5-2-6(8(12)13)16-4-5/h2,4,10H,3H2,1H3,(H,9,11)(H,12,13). The van der Waals surface area contributed by atoms with E-state index in [1.54, 1.807) is 0 Å². The molecule has 3 N–H and O–H groups in total. The van der Waals surface area contributed by atoms with Crippen LogP contribution in [0.2, 0.25) is 0 Å². The second-order valence-corrected chi connectivity index (χ2v) is 5.63. The van der Waals surface area contributed by atoms with E-state index in [-0.39, 0.29) is 9.77 Å². The number of aromatic carboxylic acids is 1. The third-order valence-corrected chi connectivity index (χ3v) is 4.25. The number of hydrogen-bond donors (Lipinski definition) is 3. The molecule has 1 amide bonds. The first kappa shape index (κ1) is 13.6. The zero-order valence-electron chi connectivity index (χ0n) is 8.76. The van der Waals surface area contributed by atoms with Gasteiger partial charge in [-0.05, 0) is 6.07 Å². The zero-order valence-corrected chi connectivity index (χ0v) is 10.4. The van der Waals surface area contributed by atoms with E-state index >= 15 is 0 Å². The molecule has 0 bridgehead atoms. The van der Waals surface area contributed by atoms with E-state index in [0.717, 1.165) is 17.4 Å². The smallest absolute Gasteiger partial charge is 0.345 e. The van der Waals surface area contributed by atoms with E-state index < -0.39 is 28.4 Å². The Bertz CT molecular complexity index is 534. The fourth-order valence-corrected chi connectivity index (χ4v) is 3.00. The molecule has 9 heteroatoms. The summed E-state index contributed by atoms with van der Waals surface area (Å²) in [6, 6.07) is 1.04. The van der Waals surface area contributed by atoms with Gasteiger partial charge >= 0.3 is 5.97 Å². The van der Waals surface area contributed by atoms with Crippen molar-refractivity contribution in [2.45, 2.75) is 4.90 Å². The fraction of sp³-hybridized carbons (Fsp3) is 0.250. The van der Waals surface area contributed by atoms with E-state index in [0.29, 0.717) is 0 Å². The van der Waals surface area contributed by atoms with Crippen LogP contribution in [0.15, 0.2) is 16.3 Å². The third kappa shape index (κ3) is 3.51. The summed E-state index contributed by atoms with van der Waals surface area (Å²) in [6.45, 7) is -0.392. The Kier molecular flexibility index (Phi) is 4.21. The van der Waals surface area contributed by atoms with Gasteiger partial charge in [-0.3, -0.25) is 4.79 Å². The highest BCUT2D eigenvalue weighted by Crippen LogP contribution is 2.18. The second-order valence-electron chi connectivity index (χ2n) is 2.95. The number of rotatable bonds is 5. The summed E-state index contributed by atoms with van der Waals surface area (Å²) < 4.78 is 25.3. The highest BCUT2D eigenvalue weighted by Gasteiger charge is 2.18. The van der Waals surface area contributed by atoms with Crippen molar-refractivity contribution in [3.63, 3.8) is 0 Å². The first-order chi connectivity index (χ1) is 7.86. The van der Waals surface area contributed by atoms with Gasteiger partial charge in [0, 0.05) is 12.4 Å². The molecule has 17 heavy (non-hydrogen) atoms. The Morgan fingerprint density at radius 3 is 2.59 bits per heavy atom. The van der Waals surface area contributed by atoms with Crippen molar-refractivity contribution < 1.29 is 23.1 Å². The van der Waals surface area contributed by atoms with Gasteiger partial charge in [0.15, 0.2) is 0 Å². The number of thiophene rings is 1. The van der Waals surface area contributed by atoms with E-state index in [2.05, 4.69) is 10.0 Å². The van der Waals surface area contributed by atoms with Crippen LogP contribution in [0.4, 0.5) is 0 Å². The van der Waals surface area contributed by atoms with Gasteiger partial charge in [-0.25, -0.2) is 17.9 Å². The molecule has 94 valence electrons. The quantitative estimate of drug-likeness (QED) is 0.670.